The molecule has 0 aliphatic carbocycles. The highest BCUT2D eigenvalue weighted by Gasteiger charge is 2.10. The van der Waals surface area contributed by atoms with Gasteiger partial charge in [-0.25, -0.2) is 13.1 Å². The fraction of sp³-hybridized carbons (Fsp3) is 0.118. The first-order valence-electron chi connectivity index (χ1n) is 7.29. The van der Waals surface area contributed by atoms with Gasteiger partial charge in [-0.3, -0.25) is 4.79 Å². The van der Waals surface area contributed by atoms with Crippen molar-refractivity contribution in [2.24, 2.45) is 0 Å². The Bertz CT molecular complexity index is 872. The Kier molecular flexibility index (Phi) is 7.12. The van der Waals surface area contributed by atoms with E-state index in [1.165, 1.54) is 23.5 Å². The summed E-state index contributed by atoms with van der Waals surface area (Å²) in [6.45, 7) is 3.67. The van der Waals surface area contributed by atoms with Crippen LogP contribution in [-0.4, -0.2) is 20.9 Å². The van der Waals surface area contributed by atoms with Crippen molar-refractivity contribution in [3.8, 4) is 0 Å². The van der Waals surface area contributed by atoms with Crippen molar-refractivity contribution in [1.82, 2.24) is 4.72 Å². The van der Waals surface area contributed by atoms with Gasteiger partial charge in [0.1, 0.15) is 0 Å². The summed E-state index contributed by atoms with van der Waals surface area (Å²) in [6.07, 6.45) is 4.67. The third kappa shape index (κ3) is 6.95. The summed E-state index contributed by atoms with van der Waals surface area (Å²) in [5, 5.41) is 2.73. The summed E-state index contributed by atoms with van der Waals surface area (Å²) in [5.74, 6) is -0.375. The van der Waals surface area contributed by atoms with Gasteiger partial charge in [0.2, 0.25) is 15.9 Å². The lowest BCUT2D eigenvalue weighted by Gasteiger charge is -2.06. The van der Waals surface area contributed by atoms with Crippen molar-refractivity contribution < 1.29 is 13.2 Å². The van der Waals surface area contributed by atoms with Crippen molar-refractivity contribution in [2.45, 2.75) is 5.75 Å². The highest BCUT2D eigenvalue weighted by molar-refractivity contribution is 9.11. The molecule has 0 saturated carbocycles. The molecule has 5 nitrogen and oxygen atoms in total. The van der Waals surface area contributed by atoms with E-state index >= 15 is 0 Å². The third-order valence-corrected chi connectivity index (χ3v) is 5.93. The standard InChI is InChI=1S/C17H17BrN2O3S2/c1-2-11-19-25(22,23)12-13-3-5-14(6-4-13)20-17(21)10-8-15-7-9-16(18)24-15/h2-10,19H,1,11-12H2,(H,20,21)/b10-8+. The number of carbonyl (C=O) groups excluding carboxylic acids is 1. The Balaban J connectivity index is 1.92. The lowest BCUT2D eigenvalue weighted by molar-refractivity contribution is -0.111. The molecule has 0 unspecified atom stereocenters. The van der Waals surface area contributed by atoms with Gasteiger partial charge >= 0.3 is 0 Å². The summed E-state index contributed by atoms with van der Waals surface area (Å²) in [7, 11) is -3.39. The van der Waals surface area contributed by atoms with Gasteiger partial charge in [0.25, 0.3) is 0 Å². The lowest BCUT2D eigenvalue weighted by atomic mass is 10.2. The average molecular weight is 441 g/mol. The smallest absolute Gasteiger partial charge is 0.248 e. The molecular formula is C17H17BrN2O3S2. The minimum absolute atomic E-state index is 0.123. The molecule has 8 heteroatoms. The molecule has 0 aliphatic rings. The molecule has 1 aromatic carbocycles. The van der Waals surface area contributed by atoms with Crippen molar-refractivity contribution in [3.63, 3.8) is 0 Å². The van der Waals surface area contributed by atoms with Crippen molar-refractivity contribution in [3.05, 3.63) is 69.4 Å². The lowest BCUT2D eigenvalue weighted by Crippen LogP contribution is -2.25. The van der Waals surface area contributed by atoms with Crippen LogP contribution in [0.15, 0.2) is 58.9 Å². The van der Waals surface area contributed by atoms with Gasteiger partial charge in [-0.05, 0) is 51.8 Å². The highest BCUT2D eigenvalue weighted by Crippen LogP contribution is 2.23. The number of anilines is 1. The number of halogens is 1. The molecule has 1 aromatic heterocycles. The number of hydrogen-bond donors (Lipinski definition) is 2. The molecule has 0 radical (unpaired) electrons. The Hall–Kier alpha value is -1.74. The van der Waals surface area contributed by atoms with Crippen LogP contribution in [0.3, 0.4) is 0 Å². The van der Waals surface area contributed by atoms with Crippen LogP contribution < -0.4 is 10.0 Å². The molecule has 25 heavy (non-hydrogen) atoms. The van der Waals surface area contributed by atoms with Crippen LogP contribution in [0.5, 0.6) is 0 Å². The van der Waals surface area contributed by atoms with Gasteiger partial charge in [-0.1, -0.05) is 18.2 Å². The maximum absolute atomic E-state index is 11.9. The summed E-state index contributed by atoms with van der Waals surface area (Å²) in [4.78, 5) is 12.9. The van der Waals surface area contributed by atoms with Crippen molar-refractivity contribution in [1.29, 1.82) is 0 Å². The van der Waals surface area contributed by atoms with Crippen LogP contribution in [0.1, 0.15) is 10.4 Å². The van der Waals surface area contributed by atoms with Crippen LogP contribution in [-0.2, 0) is 20.6 Å². The van der Waals surface area contributed by atoms with Gasteiger partial charge in [0.15, 0.2) is 0 Å². The minimum atomic E-state index is -3.39. The van der Waals surface area contributed by atoms with E-state index in [9.17, 15) is 13.2 Å². The fourth-order valence-electron chi connectivity index (χ4n) is 1.90. The zero-order valence-electron chi connectivity index (χ0n) is 13.2. The summed E-state index contributed by atoms with van der Waals surface area (Å²) in [6, 6.07) is 10.5. The first-order chi connectivity index (χ1) is 11.9. The fourth-order valence-corrected chi connectivity index (χ4v) is 4.33. The first kappa shape index (κ1) is 19.6. The van der Waals surface area contributed by atoms with E-state index in [2.05, 4.69) is 32.5 Å². The van der Waals surface area contributed by atoms with Crippen molar-refractivity contribution >= 4 is 55.0 Å². The molecule has 2 aromatic rings. The molecule has 132 valence electrons. The Morgan fingerprint density at radius 3 is 2.52 bits per heavy atom. The van der Waals surface area contributed by atoms with E-state index in [0.717, 1.165) is 8.66 Å². The van der Waals surface area contributed by atoms with Crippen LogP contribution in [0.4, 0.5) is 5.69 Å². The van der Waals surface area contributed by atoms with Gasteiger partial charge in [0, 0.05) is 23.2 Å². The zero-order chi connectivity index (χ0) is 18.3. The summed E-state index contributed by atoms with van der Waals surface area (Å²) in [5.41, 5.74) is 1.23. The molecule has 2 rings (SSSR count). The number of benzene rings is 1. The van der Waals surface area contributed by atoms with E-state index in [-0.39, 0.29) is 18.2 Å². The molecule has 1 amide bonds. The normalized spacial score (nSPS) is 11.6. The van der Waals surface area contributed by atoms with Crippen LogP contribution >= 0.6 is 27.3 Å². The monoisotopic (exact) mass is 440 g/mol. The molecule has 0 atom stereocenters. The number of sulfonamides is 1. The Morgan fingerprint density at radius 1 is 1.20 bits per heavy atom. The number of thiophene rings is 1. The number of carbonyl (C=O) groups is 1. The van der Waals surface area contributed by atoms with Gasteiger partial charge in [0.05, 0.1) is 9.54 Å². The number of rotatable bonds is 8. The van der Waals surface area contributed by atoms with E-state index < -0.39 is 10.0 Å². The molecule has 0 saturated heterocycles. The average Bonchev–Trinajstić information content (AvgIpc) is 2.98. The minimum Gasteiger partial charge on any atom is -0.323 e. The largest absolute Gasteiger partial charge is 0.323 e. The van der Waals surface area contributed by atoms with Gasteiger partial charge in [-0.15, -0.1) is 17.9 Å². The topological polar surface area (TPSA) is 75.3 Å². The molecule has 0 fully saturated rings. The maximum Gasteiger partial charge on any atom is 0.248 e. The van der Waals surface area contributed by atoms with E-state index in [1.54, 1.807) is 30.3 Å². The molecule has 0 spiro atoms. The van der Waals surface area contributed by atoms with Crippen LogP contribution in [0.2, 0.25) is 0 Å². The summed E-state index contributed by atoms with van der Waals surface area (Å²) >= 11 is 4.90. The molecule has 1 heterocycles. The van der Waals surface area contributed by atoms with Gasteiger partial charge < -0.3 is 5.32 Å². The number of hydrogen-bond acceptors (Lipinski definition) is 4. The molecular weight excluding hydrogens is 424 g/mol. The zero-order valence-corrected chi connectivity index (χ0v) is 16.5. The third-order valence-electron chi connectivity index (χ3n) is 3.02. The predicted molar refractivity (Wildman–Crippen MR) is 107 cm³/mol. The molecule has 2 N–H and O–H groups in total. The molecule has 0 aliphatic heterocycles. The predicted octanol–water partition coefficient (Wildman–Crippen LogP) is 3.77. The maximum atomic E-state index is 11.9. The van der Waals surface area contributed by atoms with Crippen LogP contribution in [0, 0.1) is 0 Å². The second kappa shape index (κ2) is 9.10. The number of amides is 1. The second-order valence-electron chi connectivity index (χ2n) is 5.06. The van der Waals surface area contributed by atoms with E-state index in [4.69, 9.17) is 0 Å². The highest BCUT2D eigenvalue weighted by atomic mass is 79.9. The van der Waals surface area contributed by atoms with Crippen molar-refractivity contribution in [2.75, 3.05) is 11.9 Å². The Labute approximate surface area is 159 Å². The summed E-state index contributed by atoms with van der Waals surface area (Å²) < 4.78 is 27.0. The molecule has 0 bridgehead atoms. The Morgan fingerprint density at radius 2 is 1.92 bits per heavy atom. The van der Waals surface area contributed by atoms with E-state index in [1.807, 2.05) is 12.1 Å². The quantitative estimate of drug-likeness (QED) is 0.484. The van der Waals surface area contributed by atoms with Gasteiger partial charge in [-0.2, -0.15) is 0 Å². The first-order valence-corrected chi connectivity index (χ1v) is 10.6. The second-order valence-corrected chi connectivity index (χ2v) is 9.36. The van der Waals surface area contributed by atoms with E-state index in [0.29, 0.717) is 11.3 Å². The SMILES string of the molecule is C=CCNS(=O)(=O)Cc1ccc(NC(=O)/C=C/c2ccc(Br)s2)cc1. The van der Waals surface area contributed by atoms with Crippen LogP contribution in [0.25, 0.3) is 6.08 Å². The number of nitrogens with one attached hydrogen (secondary N) is 2.